The normalized spacial score (nSPS) is 25.6. The molecule has 1 saturated heterocycles. The van der Waals surface area contributed by atoms with Crippen LogP contribution in [0.5, 0.6) is 0 Å². The molecule has 110 valence electrons. The second-order valence-electron chi connectivity index (χ2n) is 4.56. The van der Waals surface area contributed by atoms with E-state index in [2.05, 4.69) is 10.6 Å². The van der Waals surface area contributed by atoms with Crippen molar-refractivity contribution in [3.63, 3.8) is 0 Å². The van der Waals surface area contributed by atoms with E-state index in [4.69, 9.17) is 9.84 Å². The molecule has 8 heteroatoms. The lowest BCUT2D eigenvalue weighted by Gasteiger charge is -2.14. The Hall–Kier alpha value is -1.15. The summed E-state index contributed by atoms with van der Waals surface area (Å²) in [5.41, 5.74) is 0. The second-order valence-corrected chi connectivity index (χ2v) is 6.36. The predicted molar refractivity (Wildman–Crippen MR) is 70.5 cm³/mol. The lowest BCUT2D eigenvalue weighted by Crippen LogP contribution is -2.42. The van der Waals surface area contributed by atoms with Crippen LogP contribution in [-0.4, -0.2) is 58.1 Å². The monoisotopic (exact) mass is 292 g/mol. The topological polar surface area (TPSA) is 105 Å². The van der Waals surface area contributed by atoms with E-state index in [1.165, 1.54) is 0 Å². The van der Waals surface area contributed by atoms with Crippen LogP contribution < -0.4 is 10.6 Å². The van der Waals surface area contributed by atoms with Crippen molar-refractivity contribution in [3.8, 4) is 0 Å². The van der Waals surface area contributed by atoms with E-state index in [0.717, 1.165) is 0 Å². The van der Waals surface area contributed by atoms with Crippen LogP contribution in [0.1, 0.15) is 19.8 Å². The Morgan fingerprint density at radius 2 is 2.11 bits per heavy atom. The maximum Gasteiger partial charge on any atom is 0.332 e. The van der Waals surface area contributed by atoms with Crippen LogP contribution >= 0.6 is 0 Å². The zero-order chi connectivity index (χ0) is 14.4. The fraction of sp³-hybridized carbons (Fsp3) is 0.818. The largest absolute Gasteiger partial charge is 0.479 e. The lowest BCUT2D eigenvalue weighted by molar-refractivity contribution is -0.149. The molecule has 0 aromatic heterocycles. The van der Waals surface area contributed by atoms with Crippen molar-refractivity contribution in [1.29, 1.82) is 0 Å². The van der Waals surface area contributed by atoms with Gasteiger partial charge in [-0.2, -0.15) is 0 Å². The highest BCUT2D eigenvalue weighted by atomic mass is 32.2. The Bertz CT molecular complexity index is 363. The van der Waals surface area contributed by atoms with Gasteiger partial charge in [-0.15, -0.1) is 0 Å². The Morgan fingerprint density at radius 3 is 2.63 bits per heavy atom. The van der Waals surface area contributed by atoms with Crippen molar-refractivity contribution in [2.45, 2.75) is 37.2 Å². The minimum Gasteiger partial charge on any atom is -0.479 e. The van der Waals surface area contributed by atoms with Crippen LogP contribution in [0, 0.1) is 0 Å². The first-order chi connectivity index (χ1) is 8.90. The number of carbonyl (C=O) groups is 2. The molecule has 0 spiro atoms. The summed E-state index contributed by atoms with van der Waals surface area (Å²) < 4.78 is 16.3. The molecule has 0 aliphatic carbocycles. The molecule has 4 unspecified atom stereocenters. The third-order valence-corrected chi connectivity index (χ3v) is 4.29. The molecule has 1 aliphatic heterocycles. The Morgan fingerprint density at radius 1 is 1.42 bits per heavy atom. The lowest BCUT2D eigenvalue weighted by atomic mass is 10.2. The van der Waals surface area contributed by atoms with E-state index in [0.29, 0.717) is 19.4 Å². The van der Waals surface area contributed by atoms with Gasteiger partial charge in [-0.25, -0.2) is 9.59 Å². The molecule has 1 heterocycles. The summed E-state index contributed by atoms with van der Waals surface area (Å²) in [6.07, 6.45) is 1.65. The average molecular weight is 292 g/mol. The summed E-state index contributed by atoms with van der Waals surface area (Å²) >= 11 is 0. The van der Waals surface area contributed by atoms with Crippen LogP contribution in [-0.2, 0) is 20.3 Å². The van der Waals surface area contributed by atoms with Gasteiger partial charge in [-0.05, 0) is 19.8 Å². The zero-order valence-corrected chi connectivity index (χ0v) is 11.9. The van der Waals surface area contributed by atoms with Crippen LogP contribution in [0.2, 0.25) is 0 Å². The number of carboxylic acids is 1. The van der Waals surface area contributed by atoms with Gasteiger partial charge in [-0.1, -0.05) is 0 Å². The summed E-state index contributed by atoms with van der Waals surface area (Å²) in [5, 5.41) is 13.9. The number of carboxylic acid groups (broad SMARTS) is 1. The highest BCUT2D eigenvalue weighted by Crippen LogP contribution is 2.18. The van der Waals surface area contributed by atoms with Gasteiger partial charge < -0.3 is 20.5 Å². The molecule has 0 bridgehead atoms. The number of aliphatic carboxylic acids is 1. The quantitative estimate of drug-likeness (QED) is 0.622. The molecule has 0 saturated carbocycles. The van der Waals surface area contributed by atoms with E-state index >= 15 is 0 Å². The van der Waals surface area contributed by atoms with Gasteiger partial charge in [-0.3, -0.25) is 4.21 Å². The SMILES string of the molecule is CC(CNC(=O)NCC1CCC(C(=O)O)O1)S(C)=O. The number of urea groups is 1. The van der Waals surface area contributed by atoms with Gasteiger partial charge in [0.05, 0.1) is 6.10 Å². The van der Waals surface area contributed by atoms with Crippen molar-refractivity contribution in [3.05, 3.63) is 0 Å². The van der Waals surface area contributed by atoms with Crippen LogP contribution in [0.3, 0.4) is 0 Å². The Labute approximate surface area is 114 Å². The van der Waals surface area contributed by atoms with Crippen LogP contribution in [0.4, 0.5) is 4.79 Å². The highest BCUT2D eigenvalue weighted by Gasteiger charge is 2.30. The van der Waals surface area contributed by atoms with Gasteiger partial charge in [0, 0.05) is 35.4 Å². The Kier molecular flexibility index (Phi) is 6.23. The van der Waals surface area contributed by atoms with Crippen LogP contribution in [0.15, 0.2) is 0 Å². The number of amides is 2. The molecular weight excluding hydrogens is 272 g/mol. The standard InChI is InChI=1S/C11H20N2O5S/c1-7(19(2)17)5-12-11(16)13-6-8-3-4-9(18-8)10(14)15/h7-9H,3-6H2,1-2H3,(H,14,15)(H2,12,13,16). The number of rotatable bonds is 6. The average Bonchev–Trinajstić information content (AvgIpc) is 2.82. The molecule has 1 aliphatic rings. The van der Waals surface area contributed by atoms with E-state index in [-0.39, 0.29) is 23.9 Å². The predicted octanol–water partition coefficient (Wildman–Crippen LogP) is -0.315. The van der Waals surface area contributed by atoms with Gasteiger partial charge in [0.15, 0.2) is 6.10 Å². The van der Waals surface area contributed by atoms with Gasteiger partial charge >= 0.3 is 12.0 Å². The summed E-state index contributed by atoms with van der Waals surface area (Å²) in [5.74, 6) is -0.966. The fourth-order valence-corrected chi connectivity index (χ4v) is 1.98. The zero-order valence-electron chi connectivity index (χ0n) is 11.0. The fourth-order valence-electron chi connectivity index (χ4n) is 1.66. The minimum absolute atomic E-state index is 0.107. The van der Waals surface area contributed by atoms with E-state index in [1.54, 1.807) is 13.2 Å². The first-order valence-electron chi connectivity index (χ1n) is 6.12. The van der Waals surface area contributed by atoms with Crippen molar-refractivity contribution in [2.24, 2.45) is 0 Å². The van der Waals surface area contributed by atoms with E-state index < -0.39 is 22.9 Å². The van der Waals surface area contributed by atoms with Gasteiger partial charge in [0.2, 0.25) is 0 Å². The summed E-state index contributed by atoms with van der Waals surface area (Å²) in [4.78, 5) is 22.1. The third kappa shape index (κ3) is 5.56. The first kappa shape index (κ1) is 15.9. The van der Waals surface area contributed by atoms with Crippen molar-refractivity contribution < 1.29 is 23.6 Å². The number of hydrogen-bond donors (Lipinski definition) is 3. The molecule has 1 fully saturated rings. The number of ether oxygens (including phenoxy) is 1. The number of carbonyl (C=O) groups excluding carboxylic acids is 1. The molecule has 3 N–H and O–H groups in total. The molecule has 0 aromatic carbocycles. The second kappa shape index (κ2) is 7.44. The summed E-state index contributed by atoms with van der Waals surface area (Å²) in [6, 6.07) is -0.361. The molecular formula is C11H20N2O5S. The maximum absolute atomic E-state index is 11.4. The first-order valence-corrected chi connectivity index (χ1v) is 7.74. The minimum atomic E-state index is -0.975. The molecule has 2 amide bonds. The number of nitrogens with one attached hydrogen (secondary N) is 2. The highest BCUT2D eigenvalue weighted by molar-refractivity contribution is 7.84. The Balaban J connectivity index is 2.17. The van der Waals surface area contributed by atoms with Crippen LogP contribution in [0.25, 0.3) is 0 Å². The molecule has 19 heavy (non-hydrogen) atoms. The molecule has 1 rings (SSSR count). The maximum atomic E-state index is 11.4. The molecule has 0 aromatic rings. The smallest absolute Gasteiger partial charge is 0.332 e. The van der Waals surface area contributed by atoms with Crippen molar-refractivity contribution >= 4 is 22.8 Å². The van der Waals surface area contributed by atoms with Crippen molar-refractivity contribution in [2.75, 3.05) is 19.3 Å². The van der Waals surface area contributed by atoms with Crippen molar-refractivity contribution in [1.82, 2.24) is 10.6 Å². The number of hydrogen-bond acceptors (Lipinski definition) is 4. The third-order valence-electron chi connectivity index (χ3n) is 2.99. The van der Waals surface area contributed by atoms with Gasteiger partial charge in [0.1, 0.15) is 0 Å². The molecule has 4 atom stereocenters. The summed E-state index contributed by atoms with van der Waals surface area (Å²) in [7, 11) is -0.975. The molecule has 7 nitrogen and oxygen atoms in total. The summed E-state index contributed by atoms with van der Waals surface area (Å²) in [6.45, 7) is 2.39. The molecule has 0 radical (unpaired) electrons. The van der Waals surface area contributed by atoms with E-state index in [9.17, 15) is 13.8 Å². The van der Waals surface area contributed by atoms with Gasteiger partial charge in [0.25, 0.3) is 0 Å². The van der Waals surface area contributed by atoms with E-state index in [1.807, 2.05) is 0 Å².